The predicted molar refractivity (Wildman–Crippen MR) is 263 cm³/mol. The maximum atomic E-state index is 12.0. The molecular weight excluding hydrogens is 1530 g/mol. The van der Waals surface area contributed by atoms with E-state index in [0.717, 1.165) is 24.3 Å². The van der Waals surface area contributed by atoms with Crippen molar-refractivity contribution in [3.8, 4) is 0 Å². The van der Waals surface area contributed by atoms with Crippen molar-refractivity contribution in [2.45, 2.75) is 83.1 Å². The van der Waals surface area contributed by atoms with Crippen molar-refractivity contribution in [2.24, 2.45) is 0 Å². The van der Waals surface area contributed by atoms with Gasteiger partial charge in [-0.1, -0.05) is 72.8 Å². The van der Waals surface area contributed by atoms with Gasteiger partial charge in [0.15, 0.2) is 0 Å². The molecule has 8 aromatic rings. The van der Waals surface area contributed by atoms with Crippen LogP contribution in [0, 0.1) is 224 Å². The number of hydrogen-bond acceptors (Lipinski definition) is 0. The number of aryl methyl sites for hydroxylation is 8. The first kappa shape index (κ1) is 85.8. The van der Waals surface area contributed by atoms with Crippen LogP contribution in [0.2, 0.25) is 0 Å². The summed E-state index contributed by atoms with van der Waals surface area (Å²) in [6, 6.07) is 29.6. The van der Waals surface area contributed by atoms with Crippen molar-refractivity contribution in [1.82, 2.24) is 0 Å². The van der Waals surface area contributed by atoms with E-state index in [9.17, 15) is 87.8 Å². The fourth-order valence-electron chi connectivity index (χ4n) is 5.57. The van der Waals surface area contributed by atoms with E-state index in [4.69, 9.17) is 0 Å². The average Bonchev–Trinajstić information content (AvgIpc) is 3.41. The molecule has 0 unspecified atom stereocenters. The molecule has 0 radical (unpaired) electrons. The van der Waals surface area contributed by atoms with Crippen LogP contribution < -0.4 is 0 Å². The molecule has 0 nitrogen and oxygen atoms in total. The predicted octanol–water partition coefficient (Wildman–Crippen LogP) is 19.2. The third-order valence-corrected chi connectivity index (χ3v) is 11.5. The topological polar surface area (TPSA) is 0 Å². The van der Waals surface area contributed by atoms with Crippen LogP contribution in [0.1, 0.15) is 66.8 Å². The molecule has 0 spiro atoms. The quantitative estimate of drug-likeness (QED) is 0.0467. The summed E-state index contributed by atoms with van der Waals surface area (Å²) in [4.78, 5) is 0. The Hall–Kier alpha value is -4.68. The molecule has 8 aromatic carbocycles. The molecule has 0 saturated heterocycles. The number of hydrogen-bond donors (Lipinski definition) is 0. The Morgan fingerprint density at radius 2 is 0.274 bits per heavy atom. The molecule has 0 atom stereocenters. The van der Waals surface area contributed by atoms with Crippen LogP contribution in [0.15, 0.2) is 72.8 Å². The van der Waals surface area contributed by atoms with Crippen molar-refractivity contribution in [3.05, 3.63) is 280 Å². The minimum atomic E-state index is -2.17. The summed E-state index contributed by atoms with van der Waals surface area (Å²) in [5, 5.41) is 0. The molecule has 0 aliphatic heterocycles. The summed E-state index contributed by atoms with van der Waals surface area (Å²) in [6.07, 6.45) is 0. The van der Waals surface area contributed by atoms with E-state index in [1.54, 1.807) is 0 Å². The molecule has 0 bridgehead atoms. The standard InChI is InChI=1S/4C9H12.4C6F5.4Ag/c4*1-7-5-4-6-8(2)9(7)3;4*7-2-1-3(8)5(10)6(11)4(2)9;;;;/h4*4-6H,1-3H3;;;;;;;;/q;;;;4*-1;4*+1. The minimum absolute atomic E-state index is 0. The van der Waals surface area contributed by atoms with E-state index in [1.807, 2.05) is 0 Å². The van der Waals surface area contributed by atoms with E-state index < -0.39 is 116 Å². The maximum absolute atomic E-state index is 12.0. The zero-order valence-electron chi connectivity index (χ0n) is 45.7. The van der Waals surface area contributed by atoms with Gasteiger partial charge < -0.3 is 0 Å². The fraction of sp³-hybridized carbons (Fsp3) is 0.200. The van der Waals surface area contributed by atoms with E-state index in [-0.39, 0.29) is 89.5 Å². The minimum Gasteiger partial charge on any atom is -0.278 e. The van der Waals surface area contributed by atoms with Gasteiger partial charge in [0.25, 0.3) is 0 Å². The summed E-state index contributed by atoms with van der Waals surface area (Å²) < 4.78 is 239. The zero-order valence-corrected chi connectivity index (χ0v) is 51.6. The third-order valence-electron chi connectivity index (χ3n) is 11.5. The zero-order chi connectivity index (χ0) is 61.8. The van der Waals surface area contributed by atoms with Gasteiger partial charge in [-0.2, -0.15) is 0 Å². The smallest absolute Gasteiger partial charge is 0.278 e. The molecule has 0 saturated carbocycles. The summed E-state index contributed by atoms with van der Waals surface area (Å²) in [6.45, 7) is 25.8. The molecule has 84 heavy (non-hydrogen) atoms. The van der Waals surface area contributed by atoms with Crippen LogP contribution in [0.5, 0.6) is 0 Å². The van der Waals surface area contributed by atoms with Crippen molar-refractivity contribution >= 4 is 0 Å². The molecular formula is C60H48Ag4F20. The van der Waals surface area contributed by atoms with Crippen LogP contribution in [-0.2, 0) is 89.5 Å². The Labute approximate surface area is 536 Å². The second-order valence-corrected chi connectivity index (χ2v) is 16.8. The van der Waals surface area contributed by atoms with Gasteiger partial charge in [0.05, 0.1) is 116 Å². The molecule has 0 N–H and O–H groups in total. The summed E-state index contributed by atoms with van der Waals surface area (Å²) >= 11 is 0. The van der Waals surface area contributed by atoms with Gasteiger partial charge in [0.1, 0.15) is 0 Å². The van der Waals surface area contributed by atoms with Crippen LogP contribution in [0.4, 0.5) is 87.8 Å². The van der Waals surface area contributed by atoms with Crippen molar-refractivity contribution in [1.29, 1.82) is 0 Å². The maximum Gasteiger partial charge on any atom is 1.00 e. The largest absolute Gasteiger partial charge is 1.00 e. The molecule has 8 rings (SSSR count). The SMILES string of the molecule is Cc1cccc(C)c1C.Cc1cccc(C)c1C.Cc1cccc(C)c1C.Cc1cccc(C)c1C.Fc1[c-]c(F)c(F)c(F)c1F.Fc1[c-]c(F)c(F)c(F)c1F.Fc1[c-]c(F)c(F)c(F)c1F.Fc1[c-]c(F)c(F)c(F)c1F.[Ag+].[Ag+].[Ag+].[Ag+]. The monoisotopic (exact) mass is 1580 g/mol. The average molecular weight is 1580 g/mol. The Bertz CT molecular complexity index is 2760. The normalized spacial score (nSPS) is 9.52. The molecule has 0 amide bonds. The van der Waals surface area contributed by atoms with Gasteiger partial charge >= 0.3 is 89.5 Å². The fourth-order valence-corrected chi connectivity index (χ4v) is 5.57. The van der Waals surface area contributed by atoms with Crippen LogP contribution in [0.25, 0.3) is 0 Å². The van der Waals surface area contributed by atoms with E-state index in [2.05, 4.69) is 156 Å². The first-order chi connectivity index (χ1) is 37.0. The van der Waals surface area contributed by atoms with Crippen molar-refractivity contribution in [2.75, 3.05) is 0 Å². The van der Waals surface area contributed by atoms with Crippen LogP contribution in [0.3, 0.4) is 0 Å². The Morgan fingerprint density at radius 1 is 0.179 bits per heavy atom. The summed E-state index contributed by atoms with van der Waals surface area (Å²) in [7, 11) is 0. The first-order valence-corrected chi connectivity index (χ1v) is 22.8. The van der Waals surface area contributed by atoms with E-state index >= 15 is 0 Å². The number of halogens is 20. The van der Waals surface area contributed by atoms with Crippen LogP contribution in [-0.4, -0.2) is 0 Å². The van der Waals surface area contributed by atoms with Gasteiger partial charge in [0.2, 0.25) is 0 Å². The molecule has 24 heteroatoms. The molecule has 0 aliphatic rings. The third kappa shape index (κ3) is 26.1. The summed E-state index contributed by atoms with van der Waals surface area (Å²) in [5.74, 6) is -40.2. The van der Waals surface area contributed by atoms with Gasteiger partial charge in [0, 0.05) is 0 Å². The second-order valence-electron chi connectivity index (χ2n) is 16.8. The van der Waals surface area contributed by atoms with Gasteiger partial charge in [-0.05, 0) is 150 Å². The first-order valence-electron chi connectivity index (χ1n) is 22.8. The van der Waals surface area contributed by atoms with Crippen molar-refractivity contribution < 1.29 is 177 Å². The van der Waals surface area contributed by atoms with Gasteiger partial charge in [-0.15, -0.1) is 24.3 Å². The Morgan fingerprint density at radius 3 is 0.357 bits per heavy atom. The van der Waals surface area contributed by atoms with Crippen LogP contribution >= 0.6 is 0 Å². The number of rotatable bonds is 0. The van der Waals surface area contributed by atoms with Gasteiger partial charge in [-0.25, -0.2) is 52.7 Å². The summed E-state index contributed by atoms with van der Waals surface area (Å²) in [5.41, 5.74) is 16.7. The Kier molecular flexibility index (Phi) is 41.5. The molecule has 0 heterocycles. The molecule has 0 aromatic heterocycles. The molecule has 0 aliphatic carbocycles. The van der Waals surface area contributed by atoms with Crippen molar-refractivity contribution in [3.63, 3.8) is 0 Å². The Balaban J connectivity index is -0.000000433. The van der Waals surface area contributed by atoms with E-state index in [0.29, 0.717) is 0 Å². The molecule has 472 valence electrons. The van der Waals surface area contributed by atoms with E-state index in [1.165, 1.54) is 66.8 Å². The molecule has 0 fully saturated rings. The second kappa shape index (κ2) is 40.7. The van der Waals surface area contributed by atoms with Gasteiger partial charge in [-0.3, -0.25) is 35.1 Å². The number of benzene rings is 8.